The molecule has 2 aromatic rings. The number of amides is 1. The molecule has 0 spiro atoms. The van der Waals surface area contributed by atoms with E-state index in [1.807, 2.05) is 0 Å². The van der Waals surface area contributed by atoms with Gasteiger partial charge in [0.1, 0.15) is 5.82 Å². The van der Waals surface area contributed by atoms with E-state index in [-0.39, 0.29) is 34.8 Å². The topological polar surface area (TPSA) is 66.5 Å². The summed E-state index contributed by atoms with van der Waals surface area (Å²) in [5.41, 5.74) is 0.451. The van der Waals surface area contributed by atoms with Gasteiger partial charge in [-0.25, -0.2) is 12.8 Å². The van der Waals surface area contributed by atoms with Gasteiger partial charge in [-0.05, 0) is 49.2 Å². The number of hydrogen-bond donors (Lipinski definition) is 1. The van der Waals surface area contributed by atoms with Crippen molar-refractivity contribution in [2.24, 2.45) is 5.92 Å². The van der Waals surface area contributed by atoms with Crippen LogP contribution in [0.2, 0.25) is 15.1 Å². The van der Waals surface area contributed by atoms with Crippen LogP contribution in [0, 0.1) is 11.7 Å². The first-order chi connectivity index (χ1) is 13.2. The second-order valence-electron chi connectivity index (χ2n) is 6.37. The van der Waals surface area contributed by atoms with Crippen LogP contribution in [-0.4, -0.2) is 31.7 Å². The molecule has 1 saturated heterocycles. The van der Waals surface area contributed by atoms with Crippen molar-refractivity contribution in [3.8, 4) is 0 Å². The minimum Gasteiger partial charge on any atom is -0.325 e. The zero-order chi connectivity index (χ0) is 20.5. The van der Waals surface area contributed by atoms with Gasteiger partial charge < -0.3 is 5.32 Å². The molecule has 1 N–H and O–H groups in total. The Morgan fingerprint density at radius 1 is 1.04 bits per heavy atom. The molecule has 3 rings (SSSR count). The third-order valence-electron chi connectivity index (χ3n) is 4.54. The molecule has 0 radical (unpaired) electrons. The van der Waals surface area contributed by atoms with Crippen molar-refractivity contribution < 1.29 is 17.6 Å². The summed E-state index contributed by atoms with van der Waals surface area (Å²) in [6.07, 6.45) is 0.705. The van der Waals surface area contributed by atoms with E-state index in [1.54, 1.807) is 12.1 Å². The highest BCUT2D eigenvalue weighted by molar-refractivity contribution is 7.89. The van der Waals surface area contributed by atoms with Crippen molar-refractivity contribution >= 4 is 56.4 Å². The summed E-state index contributed by atoms with van der Waals surface area (Å²) >= 11 is 17.6. The summed E-state index contributed by atoms with van der Waals surface area (Å²) in [5.74, 6) is -1.27. The Morgan fingerprint density at radius 2 is 1.71 bits per heavy atom. The normalized spacial score (nSPS) is 16.1. The van der Waals surface area contributed by atoms with Crippen LogP contribution in [-0.2, 0) is 14.8 Å². The van der Waals surface area contributed by atoms with Gasteiger partial charge in [-0.15, -0.1) is 0 Å². The summed E-state index contributed by atoms with van der Waals surface area (Å²) in [6, 6.07) is 8.05. The standard InChI is InChI=1S/C18H16Cl3FN2O3S/c19-12-1-4-17(15(21)9-12)23-18(25)11-5-7-24(8-6-11)28(26,27)13-2-3-16(22)14(20)10-13/h1-4,9-11H,5-8H2,(H,23,25). The van der Waals surface area contributed by atoms with E-state index in [9.17, 15) is 17.6 Å². The summed E-state index contributed by atoms with van der Waals surface area (Å²) in [5, 5.41) is 3.28. The molecule has 0 unspecified atom stereocenters. The van der Waals surface area contributed by atoms with E-state index in [0.29, 0.717) is 28.6 Å². The Kier molecular flexibility index (Phi) is 6.51. The van der Waals surface area contributed by atoms with Gasteiger partial charge >= 0.3 is 0 Å². The first-order valence-corrected chi connectivity index (χ1v) is 11.0. The van der Waals surface area contributed by atoms with Crippen LogP contribution in [0.5, 0.6) is 0 Å². The summed E-state index contributed by atoms with van der Waals surface area (Å²) < 4.78 is 40.0. The fourth-order valence-corrected chi connectivity index (χ4v) is 5.17. The monoisotopic (exact) mass is 464 g/mol. The van der Waals surface area contributed by atoms with Gasteiger partial charge in [-0.2, -0.15) is 4.31 Å². The Balaban J connectivity index is 1.64. The maximum absolute atomic E-state index is 13.3. The molecule has 1 fully saturated rings. The minimum atomic E-state index is -3.81. The SMILES string of the molecule is O=C(Nc1ccc(Cl)cc1Cl)C1CCN(S(=O)(=O)c2ccc(F)c(Cl)c2)CC1. The number of rotatable bonds is 4. The lowest BCUT2D eigenvalue weighted by Gasteiger charge is -2.30. The van der Waals surface area contributed by atoms with Crippen LogP contribution < -0.4 is 5.32 Å². The molecule has 1 amide bonds. The van der Waals surface area contributed by atoms with E-state index in [2.05, 4.69) is 5.32 Å². The van der Waals surface area contributed by atoms with Gasteiger partial charge in [-0.3, -0.25) is 4.79 Å². The Bertz CT molecular complexity index is 1010. The molecule has 0 aliphatic carbocycles. The number of hydrogen-bond acceptors (Lipinski definition) is 3. The molecule has 0 aromatic heterocycles. The fourth-order valence-electron chi connectivity index (χ4n) is 2.97. The fraction of sp³-hybridized carbons (Fsp3) is 0.278. The summed E-state index contributed by atoms with van der Waals surface area (Å²) in [7, 11) is -3.81. The van der Waals surface area contributed by atoms with Crippen LogP contribution in [0.3, 0.4) is 0 Å². The Hall–Kier alpha value is -1.38. The number of sulfonamides is 1. The van der Waals surface area contributed by atoms with E-state index in [4.69, 9.17) is 34.8 Å². The summed E-state index contributed by atoms with van der Waals surface area (Å²) in [4.78, 5) is 12.4. The van der Waals surface area contributed by atoms with Crippen molar-refractivity contribution in [2.75, 3.05) is 18.4 Å². The van der Waals surface area contributed by atoms with Crippen molar-refractivity contribution in [1.29, 1.82) is 0 Å². The highest BCUT2D eigenvalue weighted by atomic mass is 35.5. The number of halogens is 4. The van der Waals surface area contributed by atoms with E-state index in [1.165, 1.54) is 16.4 Å². The molecule has 150 valence electrons. The third kappa shape index (κ3) is 4.60. The van der Waals surface area contributed by atoms with Crippen molar-refractivity contribution in [2.45, 2.75) is 17.7 Å². The van der Waals surface area contributed by atoms with Crippen LogP contribution in [0.25, 0.3) is 0 Å². The zero-order valence-electron chi connectivity index (χ0n) is 14.5. The first kappa shape index (κ1) is 21.3. The predicted octanol–water partition coefficient (Wildman–Crippen LogP) is 4.83. The van der Waals surface area contributed by atoms with Crippen LogP contribution in [0.4, 0.5) is 10.1 Å². The molecular formula is C18H16Cl3FN2O3S. The molecule has 28 heavy (non-hydrogen) atoms. The van der Waals surface area contributed by atoms with Crippen molar-refractivity contribution in [1.82, 2.24) is 4.31 Å². The number of nitrogens with zero attached hydrogens (tertiary/aromatic N) is 1. The lowest BCUT2D eigenvalue weighted by molar-refractivity contribution is -0.120. The molecule has 2 aromatic carbocycles. The second kappa shape index (κ2) is 8.55. The van der Waals surface area contributed by atoms with E-state index >= 15 is 0 Å². The number of carbonyl (C=O) groups excluding carboxylic acids is 1. The number of anilines is 1. The lowest BCUT2D eigenvalue weighted by atomic mass is 9.97. The van der Waals surface area contributed by atoms with Crippen LogP contribution in [0.1, 0.15) is 12.8 Å². The minimum absolute atomic E-state index is 0.0743. The number of carbonyl (C=O) groups is 1. The van der Waals surface area contributed by atoms with Gasteiger partial charge in [0.05, 0.1) is 20.6 Å². The zero-order valence-corrected chi connectivity index (χ0v) is 17.5. The molecule has 0 bridgehead atoms. The predicted molar refractivity (Wildman–Crippen MR) is 108 cm³/mol. The maximum Gasteiger partial charge on any atom is 0.243 e. The van der Waals surface area contributed by atoms with Gasteiger partial charge in [0, 0.05) is 24.0 Å². The van der Waals surface area contributed by atoms with Gasteiger partial charge in [0.25, 0.3) is 0 Å². The molecule has 5 nitrogen and oxygen atoms in total. The number of benzene rings is 2. The van der Waals surface area contributed by atoms with Crippen molar-refractivity contribution in [3.63, 3.8) is 0 Å². The van der Waals surface area contributed by atoms with Gasteiger partial charge in [0.2, 0.25) is 15.9 Å². The lowest BCUT2D eigenvalue weighted by Crippen LogP contribution is -2.41. The first-order valence-electron chi connectivity index (χ1n) is 8.39. The van der Waals surface area contributed by atoms with Crippen LogP contribution >= 0.6 is 34.8 Å². The smallest absolute Gasteiger partial charge is 0.243 e. The van der Waals surface area contributed by atoms with Gasteiger partial charge in [-0.1, -0.05) is 34.8 Å². The quantitative estimate of drug-likeness (QED) is 0.703. The van der Waals surface area contributed by atoms with Crippen LogP contribution in [0.15, 0.2) is 41.3 Å². The maximum atomic E-state index is 13.3. The highest BCUT2D eigenvalue weighted by Gasteiger charge is 2.32. The van der Waals surface area contributed by atoms with E-state index < -0.39 is 15.8 Å². The molecule has 1 heterocycles. The van der Waals surface area contributed by atoms with Crippen molar-refractivity contribution in [3.05, 3.63) is 57.3 Å². The largest absolute Gasteiger partial charge is 0.325 e. The average molecular weight is 466 g/mol. The number of piperidine rings is 1. The second-order valence-corrected chi connectivity index (χ2v) is 9.56. The Morgan fingerprint density at radius 3 is 2.32 bits per heavy atom. The molecule has 0 saturated carbocycles. The molecule has 0 atom stereocenters. The number of nitrogens with one attached hydrogen (secondary N) is 1. The molecule has 1 aliphatic rings. The third-order valence-corrected chi connectivity index (χ3v) is 7.27. The molecule has 1 aliphatic heterocycles. The highest BCUT2D eigenvalue weighted by Crippen LogP contribution is 2.29. The summed E-state index contributed by atoms with van der Waals surface area (Å²) in [6.45, 7) is 0.341. The Labute approximate surface area is 177 Å². The molecule has 10 heteroatoms. The average Bonchev–Trinajstić information content (AvgIpc) is 2.66. The van der Waals surface area contributed by atoms with Gasteiger partial charge in [0.15, 0.2) is 0 Å². The molecular weight excluding hydrogens is 450 g/mol. The van der Waals surface area contributed by atoms with E-state index in [0.717, 1.165) is 12.1 Å².